The van der Waals surface area contributed by atoms with Crippen LogP contribution in [-0.4, -0.2) is 44.7 Å². The van der Waals surface area contributed by atoms with Crippen LogP contribution < -0.4 is 10.6 Å². The Bertz CT molecular complexity index is 1230. The number of hydrogen-bond acceptors (Lipinski definition) is 5. The largest absolute Gasteiger partial charge is 0.396 e. The molecule has 0 saturated heterocycles. The van der Waals surface area contributed by atoms with Gasteiger partial charge in [0.15, 0.2) is 0 Å². The van der Waals surface area contributed by atoms with Crippen molar-refractivity contribution in [1.29, 1.82) is 0 Å². The van der Waals surface area contributed by atoms with Gasteiger partial charge in [0.05, 0.1) is 22.3 Å². The van der Waals surface area contributed by atoms with E-state index in [4.69, 9.17) is 9.97 Å². The fourth-order valence-corrected chi connectivity index (χ4v) is 4.88. The highest BCUT2D eigenvalue weighted by atomic mass is 16.3. The van der Waals surface area contributed by atoms with E-state index in [2.05, 4.69) is 27.8 Å². The number of H-pyrrole nitrogens is 1. The lowest BCUT2D eigenvalue weighted by atomic mass is 9.93. The van der Waals surface area contributed by atoms with Gasteiger partial charge in [-0.2, -0.15) is 0 Å². The number of nitrogens with zero attached hydrogens (tertiary/aromatic N) is 2. The number of benzene rings is 1. The molecule has 3 aliphatic rings. The molecule has 4 N–H and O–H groups in total. The molecular formula is C23H23N5O2. The van der Waals surface area contributed by atoms with E-state index in [9.17, 15) is 9.90 Å². The molecule has 2 aromatic heterocycles. The molecule has 30 heavy (non-hydrogen) atoms. The van der Waals surface area contributed by atoms with Gasteiger partial charge in [-0.05, 0) is 31.9 Å². The number of carbonyl (C=O) groups excluding carboxylic acids is 1. The van der Waals surface area contributed by atoms with Crippen LogP contribution in [0.5, 0.6) is 0 Å². The number of aliphatic hydroxyl groups is 1. The molecule has 152 valence electrons. The second-order valence-corrected chi connectivity index (χ2v) is 8.64. The Morgan fingerprint density at radius 1 is 1.27 bits per heavy atom. The number of rotatable bonds is 1. The smallest absolute Gasteiger partial charge is 0.253 e. The molecule has 1 fully saturated rings. The van der Waals surface area contributed by atoms with Crippen molar-refractivity contribution < 1.29 is 9.90 Å². The Labute approximate surface area is 173 Å². The Morgan fingerprint density at radius 3 is 3.00 bits per heavy atom. The van der Waals surface area contributed by atoms with Gasteiger partial charge >= 0.3 is 0 Å². The van der Waals surface area contributed by atoms with Crippen LogP contribution in [0.25, 0.3) is 22.3 Å². The number of carbonyl (C=O) groups is 1. The van der Waals surface area contributed by atoms with E-state index in [1.165, 1.54) is 0 Å². The number of aromatic nitrogens is 3. The highest BCUT2D eigenvalue weighted by Crippen LogP contribution is 2.48. The summed E-state index contributed by atoms with van der Waals surface area (Å²) >= 11 is 0. The minimum Gasteiger partial charge on any atom is -0.396 e. The molecule has 7 nitrogen and oxygen atoms in total. The van der Waals surface area contributed by atoms with E-state index >= 15 is 0 Å². The average molecular weight is 401 g/mol. The number of allylic oxidation sites excluding steroid dienone is 1. The van der Waals surface area contributed by atoms with Gasteiger partial charge in [-0.15, -0.1) is 0 Å². The van der Waals surface area contributed by atoms with Crippen LogP contribution in [-0.2, 0) is 0 Å². The molecule has 2 aliphatic heterocycles. The molecule has 2 unspecified atom stereocenters. The molecule has 1 amide bonds. The highest BCUT2D eigenvalue weighted by molar-refractivity contribution is 6.00. The van der Waals surface area contributed by atoms with E-state index in [0.717, 1.165) is 52.3 Å². The standard InChI is InChI=1S/C23H23N5O2/c1-12-21-27-20-15(5-2-6-17(20)25-12)18-8-16-19(26-18)13(10-24-22(16)30)4-3-7-23(28-21)9-14(23)11-29/h2-3,5-8,13-14,26,29H,4,9-11H2,1H3,(H,24,30)(H,27,28)/b7-3+/t13-,14?,23?/m0/s1. The fourth-order valence-electron chi connectivity index (χ4n) is 4.88. The average Bonchev–Trinajstić information content (AvgIpc) is 3.22. The topological polar surface area (TPSA) is 103 Å². The molecule has 3 atom stereocenters. The lowest BCUT2D eigenvalue weighted by Crippen LogP contribution is -2.34. The van der Waals surface area contributed by atoms with Gasteiger partial charge in [0.25, 0.3) is 5.91 Å². The first-order valence-corrected chi connectivity index (χ1v) is 10.4. The second kappa shape index (κ2) is 6.15. The first kappa shape index (κ1) is 17.7. The zero-order chi connectivity index (χ0) is 20.5. The summed E-state index contributed by atoms with van der Waals surface area (Å²) in [5, 5.41) is 16.4. The zero-order valence-corrected chi connectivity index (χ0v) is 16.7. The number of anilines is 1. The van der Waals surface area contributed by atoms with Crippen LogP contribution >= 0.6 is 0 Å². The van der Waals surface area contributed by atoms with Gasteiger partial charge in [0.1, 0.15) is 11.3 Å². The third kappa shape index (κ3) is 2.51. The van der Waals surface area contributed by atoms with Crippen molar-refractivity contribution in [3.8, 4) is 11.3 Å². The minimum atomic E-state index is -0.300. The number of nitrogens with one attached hydrogen (secondary N) is 3. The van der Waals surface area contributed by atoms with Crippen molar-refractivity contribution in [2.45, 2.75) is 31.2 Å². The first-order valence-electron chi connectivity index (χ1n) is 10.4. The monoisotopic (exact) mass is 401 g/mol. The maximum Gasteiger partial charge on any atom is 0.253 e. The van der Waals surface area contributed by atoms with Crippen molar-refractivity contribution in [3.05, 3.63) is 53.4 Å². The molecule has 4 bridgehead atoms. The predicted molar refractivity (Wildman–Crippen MR) is 114 cm³/mol. The lowest BCUT2D eigenvalue weighted by Gasteiger charge is -2.22. The highest BCUT2D eigenvalue weighted by Gasteiger charge is 2.52. The number of aryl methyl sites for hydroxylation is 1. The molecular weight excluding hydrogens is 378 g/mol. The van der Waals surface area contributed by atoms with E-state index in [-0.39, 0.29) is 29.9 Å². The summed E-state index contributed by atoms with van der Waals surface area (Å²) in [6, 6.07) is 7.88. The summed E-state index contributed by atoms with van der Waals surface area (Å²) in [5.74, 6) is 1.04. The van der Waals surface area contributed by atoms with Crippen LogP contribution in [0.15, 0.2) is 36.4 Å². The van der Waals surface area contributed by atoms with Crippen molar-refractivity contribution in [3.63, 3.8) is 0 Å². The first-order chi connectivity index (χ1) is 14.6. The van der Waals surface area contributed by atoms with Crippen molar-refractivity contribution in [2.24, 2.45) is 5.92 Å². The van der Waals surface area contributed by atoms with Gasteiger partial charge in [0.2, 0.25) is 0 Å². The number of para-hydroxylation sites is 1. The Hall–Kier alpha value is -3.19. The molecule has 7 heteroatoms. The SMILES string of the molecule is Cc1nc2cccc3c2nc1NC1(/C=C/C[C@H]2CNC(=O)c4cc-3[nH]c42)CC1CO. The van der Waals surface area contributed by atoms with Gasteiger partial charge in [0, 0.05) is 41.9 Å². The number of amides is 1. The summed E-state index contributed by atoms with van der Waals surface area (Å²) in [6.07, 6.45) is 6.01. The molecule has 4 heterocycles. The van der Waals surface area contributed by atoms with Crippen LogP contribution in [0.1, 0.15) is 40.5 Å². The van der Waals surface area contributed by atoms with Gasteiger partial charge in [-0.25, -0.2) is 9.97 Å². The van der Waals surface area contributed by atoms with E-state index in [1.54, 1.807) is 0 Å². The van der Waals surface area contributed by atoms with Crippen LogP contribution in [0, 0.1) is 12.8 Å². The fraction of sp³-hybridized carbons (Fsp3) is 0.348. The lowest BCUT2D eigenvalue weighted by molar-refractivity contribution is 0.0940. The molecule has 1 spiro atoms. The van der Waals surface area contributed by atoms with Crippen molar-refractivity contribution in [2.75, 3.05) is 18.5 Å². The normalized spacial score (nSPS) is 27.7. The second-order valence-electron chi connectivity index (χ2n) is 8.64. The Morgan fingerprint density at radius 2 is 2.17 bits per heavy atom. The molecule has 1 aliphatic carbocycles. The predicted octanol–water partition coefficient (Wildman–Crippen LogP) is 2.88. The van der Waals surface area contributed by atoms with Crippen molar-refractivity contribution >= 4 is 22.8 Å². The van der Waals surface area contributed by atoms with E-state index in [1.807, 2.05) is 31.2 Å². The molecule has 1 saturated carbocycles. The zero-order valence-electron chi connectivity index (χ0n) is 16.7. The van der Waals surface area contributed by atoms with Crippen molar-refractivity contribution in [1.82, 2.24) is 20.3 Å². The molecule has 3 aromatic rings. The summed E-state index contributed by atoms with van der Waals surface area (Å²) in [6.45, 7) is 2.69. The molecule has 1 aromatic carbocycles. The quantitative estimate of drug-likeness (QED) is 0.470. The number of aromatic amines is 1. The van der Waals surface area contributed by atoms with Gasteiger partial charge < -0.3 is 20.7 Å². The maximum absolute atomic E-state index is 12.5. The van der Waals surface area contributed by atoms with Gasteiger partial charge in [-0.1, -0.05) is 24.3 Å². The summed E-state index contributed by atoms with van der Waals surface area (Å²) in [4.78, 5) is 25.8. The number of aliphatic hydroxyl groups excluding tert-OH is 1. The van der Waals surface area contributed by atoms with E-state index < -0.39 is 0 Å². The number of hydrogen-bond donors (Lipinski definition) is 4. The minimum absolute atomic E-state index is 0.0386. The third-order valence-electron chi connectivity index (χ3n) is 6.73. The van der Waals surface area contributed by atoms with Crippen LogP contribution in [0.2, 0.25) is 0 Å². The van der Waals surface area contributed by atoms with E-state index in [0.29, 0.717) is 12.1 Å². The van der Waals surface area contributed by atoms with Gasteiger partial charge in [-0.3, -0.25) is 4.79 Å². The molecule has 0 radical (unpaired) electrons. The number of fused-ring (bicyclic) bond motifs is 3. The van der Waals surface area contributed by atoms with Crippen LogP contribution in [0.3, 0.4) is 0 Å². The molecule has 6 rings (SSSR count). The maximum atomic E-state index is 12.5. The summed E-state index contributed by atoms with van der Waals surface area (Å²) in [7, 11) is 0. The summed E-state index contributed by atoms with van der Waals surface area (Å²) in [5.41, 5.74) is 5.64. The Balaban J connectivity index is 1.60. The van der Waals surface area contributed by atoms with Crippen LogP contribution in [0.4, 0.5) is 5.82 Å². The third-order valence-corrected chi connectivity index (χ3v) is 6.73. The summed E-state index contributed by atoms with van der Waals surface area (Å²) < 4.78 is 0. The Kier molecular flexibility index (Phi) is 3.62.